The quantitative estimate of drug-likeness (QED) is 0.331. The molecule has 0 radical (unpaired) electrons. The Balaban J connectivity index is 1.87. The smallest absolute Gasteiger partial charge is 0.344 e. The minimum absolute atomic E-state index is 0.127. The Hall–Kier alpha value is -3.75. The van der Waals surface area contributed by atoms with Crippen LogP contribution in [-0.4, -0.2) is 35.2 Å². The molecule has 0 saturated heterocycles. The van der Waals surface area contributed by atoms with E-state index in [0.717, 1.165) is 0 Å². The van der Waals surface area contributed by atoms with Gasteiger partial charge in [0.25, 0.3) is 11.6 Å². The van der Waals surface area contributed by atoms with Crippen LogP contribution < -0.4 is 10.2 Å². The predicted molar refractivity (Wildman–Crippen MR) is 106 cm³/mol. The molecule has 0 aliphatic carbocycles. The summed E-state index contributed by atoms with van der Waals surface area (Å²) in [5.41, 5.74) is 2.36. The van der Waals surface area contributed by atoms with Crippen molar-refractivity contribution in [3.63, 3.8) is 0 Å². The number of benzene rings is 2. The third-order valence-electron chi connectivity index (χ3n) is 3.36. The Morgan fingerprint density at radius 2 is 1.86 bits per heavy atom. The topological polar surface area (TPSA) is 120 Å². The summed E-state index contributed by atoms with van der Waals surface area (Å²) >= 11 is 0. The molecule has 0 aromatic heterocycles. The molecule has 2 aromatic rings. The average Bonchev–Trinajstić information content (AvgIpc) is 2.66. The lowest BCUT2D eigenvalue weighted by Crippen LogP contribution is -2.27. The summed E-state index contributed by atoms with van der Waals surface area (Å²) in [6.45, 7) is 5.12. The number of ether oxygens (including phenoxy) is 2. The number of nitro groups is 1. The van der Waals surface area contributed by atoms with Crippen LogP contribution in [0.4, 0.5) is 5.69 Å². The highest BCUT2D eigenvalue weighted by Gasteiger charge is 2.16. The van der Waals surface area contributed by atoms with E-state index in [0.29, 0.717) is 11.3 Å². The van der Waals surface area contributed by atoms with Gasteiger partial charge in [-0.2, -0.15) is 5.10 Å². The maximum atomic E-state index is 12.0. The number of rotatable bonds is 7. The number of nitrogens with zero attached hydrogens (tertiary/aromatic N) is 2. The Morgan fingerprint density at radius 3 is 2.48 bits per heavy atom. The normalized spacial score (nSPS) is 11.1. The fourth-order valence-corrected chi connectivity index (χ4v) is 2.15. The van der Waals surface area contributed by atoms with Crippen molar-refractivity contribution in [2.24, 2.45) is 5.10 Å². The third-order valence-corrected chi connectivity index (χ3v) is 3.36. The Kier molecular flexibility index (Phi) is 7.02. The fraction of sp³-hybridized carbons (Fsp3) is 0.250. The van der Waals surface area contributed by atoms with Crippen molar-refractivity contribution in [2.75, 3.05) is 6.61 Å². The van der Waals surface area contributed by atoms with Crippen molar-refractivity contribution < 1.29 is 24.0 Å². The van der Waals surface area contributed by atoms with Crippen molar-refractivity contribution in [1.29, 1.82) is 0 Å². The highest BCUT2D eigenvalue weighted by molar-refractivity contribution is 5.95. The van der Waals surface area contributed by atoms with Crippen LogP contribution in [0.1, 0.15) is 36.7 Å². The third kappa shape index (κ3) is 7.41. The lowest BCUT2D eigenvalue weighted by Gasteiger charge is -2.19. The summed E-state index contributed by atoms with van der Waals surface area (Å²) in [7, 11) is 0. The molecule has 0 spiro atoms. The summed E-state index contributed by atoms with van der Waals surface area (Å²) in [6.07, 6.45) is 1.41. The summed E-state index contributed by atoms with van der Waals surface area (Å²) in [4.78, 5) is 33.8. The zero-order valence-corrected chi connectivity index (χ0v) is 16.2. The predicted octanol–water partition coefficient (Wildman–Crippen LogP) is 3.08. The lowest BCUT2D eigenvalue weighted by atomic mass is 10.2. The summed E-state index contributed by atoms with van der Waals surface area (Å²) in [5.74, 6) is -0.553. The van der Waals surface area contributed by atoms with E-state index in [1.807, 2.05) is 0 Å². The van der Waals surface area contributed by atoms with E-state index < -0.39 is 22.4 Å². The summed E-state index contributed by atoms with van der Waals surface area (Å²) in [6, 6.07) is 12.0. The molecule has 0 aliphatic rings. The summed E-state index contributed by atoms with van der Waals surface area (Å²) < 4.78 is 10.5. The molecule has 0 saturated carbocycles. The Morgan fingerprint density at radius 1 is 1.17 bits per heavy atom. The molecule has 0 heterocycles. The lowest BCUT2D eigenvalue weighted by molar-refractivity contribution is -0.384. The second-order valence-electron chi connectivity index (χ2n) is 6.95. The van der Waals surface area contributed by atoms with E-state index in [1.54, 1.807) is 45.0 Å². The van der Waals surface area contributed by atoms with Crippen molar-refractivity contribution in [2.45, 2.75) is 26.4 Å². The molecule has 0 bridgehead atoms. The van der Waals surface area contributed by atoms with E-state index in [1.165, 1.54) is 30.5 Å². The minimum atomic E-state index is -0.577. The number of non-ortho nitro benzene ring substituents is 1. The van der Waals surface area contributed by atoms with Crippen molar-refractivity contribution in [1.82, 2.24) is 5.43 Å². The molecule has 152 valence electrons. The second-order valence-corrected chi connectivity index (χ2v) is 6.95. The molecular formula is C20H21N3O6. The van der Waals surface area contributed by atoms with E-state index in [2.05, 4.69) is 10.5 Å². The summed E-state index contributed by atoms with van der Waals surface area (Å²) in [5, 5.41) is 14.6. The van der Waals surface area contributed by atoms with Crippen LogP contribution in [0.2, 0.25) is 0 Å². The van der Waals surface area contributed by atoms with Crippen molar-refractivity contribution in [3.8, 4) is 5.75 Å². The molecule has 2 rings (SSSR count). The number of esters is 1. The number of hydrogen-bond donors (Lipinski definition) is 1. The molecule has 1 amide bonds. The van der Waals surface area contributed by atoms with Gasteiger partial charge in [-0.1, -0.05) is 6.07 Å². The first-order valence-corrected chi connectivity index (χ1v) is 8.66. The Bertz CT molecular complexity index is 917. The fourth-order valence-electron chi connectivity index (χ4n) is 2.15. The molecule has 1 N–H and O–H groups in total. The van der Waals surface area contributed by atoms with Crippen molar-refractivity contribution in [3.05, 3.63) is 69.8 Å². The molecule has 9 heteroatoms. The number of nitrogens with one attached hydrogen (secondary N) is 1. The number of carbonyl (C=O) groups excluding carboxylic acids is 2. The van der Waals surface area contributed by atoms with Crippen LogP contribution in [0.25, 0.3) is 0 Å². The molecule has 29 heavy (non-hydrogen) atoms. The van der Waals surface area contributed by atoms with Gasteiger partial charge in [-0.25, -0.2) is 10.2 Å². The molecule has 0 atom stereocenters. The van der Waals surface area contributed by atoms with Crippen LogP contribution >= 0.6 is 0 Å². The van der Waals surface area contributed by atoms with Gasteiger partial charge in [0.05, 0.1) is 11.1 Å². The van der Waals surface area contributed by atoms with Gasteiger partial charge >= 0.3 is 5.97 Å². The zero-order chi connectivity index (χ0) is 21.4. The molecule has 9 nitrogen and oxygen atoms in total. The number of carbonyl (C=O) groups is 2. The number of hydrogen-bond acceptors (Lipinski definition) is 7. The van der Waals surface area contributed by atoms with Gasteiger partial charge in [0.2, 0.25) is 0 Å². The standard InChI is InChI=1S/C20H21N3O6/c1-20(2,3)29-18(24)13-28-17-9-7-14(8-10-17)12-21-22-19(25)15-5-4-6-16(11-15)23(26)27/h4-12H,13H2,1-3H3,(H,22,25)/b21-12-. The van der Waals surface area contributed by atoms with Crippen LogP contribution in [0.3, 0.4) is 0 Å². The SMILES string of the molecule is CC(C)(C)OC(=O)COc1ccc(/C=N\NC(=O)c2cccc([N+](=O)[O-])c2)cc1. The molecular weight excluding hydrogens is 378 g/mol. The first kappa shape index (κ1) is 21.5. The zero-order valence-electron chi connectivity index (χ0n) is 16.2. The minimum Gasteiger partial charge on any atom is -0.482 e. The first-order chi connectivity index (χ1) is 13.6. The van der Waals surface area contributed by atoms with E-state index in [9.17, 15) is 19.7 Å². The van der Waals surface area contributed by atoms with E-state index >= 15 is 0 Å². The highest BCUT2D eigenvalue weighted by atomic mass is 16.6. The van der Waals surface area contributed by atoms with Crippen molar-refractivity contribution >= 4 is 23.8 Å². The van der Waals surface area contributed by atoms with E-state index in [4.69, 9.17) is 9.47 Å². The molecule has 2 aromatic carbocycles. The van der Waals surface area contributed by atoms with Gasteiger partial charge < -0.3 is 9.47 Å². The number of hydrazone groups is 1. The van der Waals surface area contributed by atoms with Gasteiger partial charge in [0.15, 0.2) is 6.61 Å². The molecule has 0 aliphatic heterocycles. The number of amides is 1. The highest BCUT2D eigenvalue weighted by Crippen LogP contribution is 2.14. The van der Waals surface area contributed by atoms with Gasteiger partial charge in [0, 0.05) is 17.7 Å². The van der Waals surface area contributed by atoms with Gasteiger partial charge in [-0.05, 0) is 56.7 Å². The van der Waals surface area contributed by atoms with Crippen LogP contribution in [0, 0.1) is 10.1 Å². The van der Waals surface area contributed by atoms with Gasteiger partial charge in [-0.15, -0.1) is 0 Å². The monoisotopic (exact) mass is 399 g/mol. The second kappa shape index (κ2) is 9.45. The van der Waals surface area contributed by atoms with Crippen LogP contribution in [0.15, 0.2) is 53.6 Å². The Labute approximate surface area is 167 Å². The largest absolute Gasteiger partial charge is 0.482 e. The van der Waals surface area contributed by atoms with E-state index in [-0.39, 0.29) is 17.9 Å². The maximum absolute atomic E-state index is 12.0. The van der Waals surface area contributed by atoms with Crippen LogP contribution in [-0.2, 0) is 9.53 Å². The first-order valence-electron chi connectivity index (χ1n) is 8.66. The van der Waals surface area contributed by atoms with Gasteiger partial charge in [0.1, 0.15) is 11.4 Å². The molecule has 0 fully saturated rings. The number of nitro benzene ring substituents is 1. The average molecular weight is 399 g/mol. The van der Waals surface area contributed by atoms with Crippen LogP contribution in [0.5, 0.6) is 5.75 Å². The van der Waals surface area contributed by atoms with Gasteiger partial charge in [-0.3, -0.25) is 14.9 Å². The molecule has 0 unspecified atom stereocenters. The maximum Gasteiger partial charge on any atom is 0.344 e.